The zero-order valence-corrected chi connectivity index (χ0v) is 17.3. The van der Waals surface area contributed by atoms with Gasteiger partial charge >= 0.3 is 0 Å². The van der Waals surface area contributed by atoms with Crippen molar-refractivity contribution in [2.45, 2.75) is 77.6 Å². The number of benzene rings is 1. The Morgan fingerprint density at radius 1 is 1.29 bits per heavy atom. The molecule has 134 valence electrons. The first kappa shape index (κ1) is 19.2. The predicted octanol–water partition coefficient (Wildman–Crippen LogP) is 5.52. The number of carbonyl (C=O) groups is 1. The first-order chi connectivity index (χ1) is 10.9. The lowest BCUT2D eigenvalue weighted by Crippen LogP contribution is -2.42. The lowest BCUT2D eigenvalue weighted by Gasteiger charge is -2.37. The van der Waals surface area contributed by atoms with E-state index in [-0.39, 0.29) is 10.8 Å². The quantitative estimate of drug-likeness (QED) is 0.519. The molecular formula is C20H32O3Si. The van der Waals surface area contributed by atoms with Gasteiger partial charge in [-0.25, -0.2) is 0 Å². The van der Waals surface area contributed by atoms with E-state index >= 15 is 0 Å². The number of rotatable bonds is 5. The summed E-state index contributed by atoms with van der Waals surface area (Å²) in [5.74, 6) is 0.914. The molecular weight excluding hydrogens is 316 g/mol. The predicted molar refractivity (Wildman–Crippen MR) is 102 cm³/mol. The van der Waals surface area contributed by atoms with Crippen LogP contribution in [0.4, 0.5) is 0 Å². The van der Waals surface area contributed by atoms with Gasteiger partial charge in [0.15, 0.2) is 14.1 Å². The SMILES string of the molecule is Cc1ccc2c(c1)C(=O)CC(C)(CCCO[Si](C)(C)C(C)(C)C)O2. The number of aryl methyl sites for hydroxylation is 1. The Labute approximate surface area is 147 Å². The third-order valence-electron chi connectivity index (χ3n) is 5.45. The minimum atomic E-state index is -1.70. The maximum absolute atomic E-state index is 12.5. The van der Waals surface area contributed by atoms with E-state index in [4.69, 9.17) is 9.16 Å². The molecule has 1 aliphatic rings. The molecule has 4 heteroatoms. The van der Waals surface area contributed by atoms with Crippen LogP contribution in [0.3, 0.4) is 0 Å². The Morgan fingerprint density at radius 3 is 2.58 bits per heavy atom. The highest BCUT2D eigenvalue weighted by atomic mass is 28.4. The van der Waals surface area contributed by atoms with Gasteiger partial charge in [0.05, 0.1) is 12.0 Å². The molecule has 1 heterocycles. The van der Waals surface area contributed by atoms with Crippen LogP contribution in [0.15, 0.2) is 18.2 Å². The maximum Gasteiger partial charge on any atom is 0.191 e. The minimum absolute atomic E-state index is 0.188. The van der Waals surface area contributed by atoms with Gasteiger partial charge in [-0.2, -0.15) is 0 Å². The smallest absolute Gasteiger partial charge is 0.191 e. The van der Waals surface area contributed by atoms with Gasteiger partial charge in [-0.1, -0.05) is 32.4 Å². The van der Waals surface area contributed by atoms with E-state index in [1.54, 1.807) is 0 Å². The van der Waals surface area contributed by atoms with Crippen LogP contribution >= 0.6 is 0 Å². The molecule has 24 heavy (non-hydrogen) atoms. The van der Waals surface area contributed by atoms with E-state index in [2.05, 4.69) is 33.9 Å². The molecule has 3 nitrogen and oxygen atoms in total. The molecule has 0 fully saturated rings. The summed E-state index contributed by atoms with van der Waals surface area (Å²) in [4.78, 5) is 12.5. The van der Waals surface area contributed by atoms with Crippen molar-refractivity contribution in [3.63, 3.8) is 0 Å². The summed E-state index contributed by atoms with van der Waals surface area (Å²) >= 11 is 0. The summed E-state index contributed by atoms with van der Waals surface area (Å²) in [5.41, 5.74) is 1.40. The van der Waals surface area contributed by atoms with Crippen LogP contribution in [0.5, 0.6) is 5.75 Å². The van der Waals surface area contributed by atoms with Crippen molar-refractivity contribution >= 4 is 14.1 Å². The fourth-order valence-corrected chi connectivity index (χ4v) is 3.90. The molecule has 1 unspecified atom stereocenters. The Morgan fingerprint density at radius 2 is 1.96 bits per heavy atom. The number of ketones is 1. The molecule has 0 saturated heterocycles. The second kappa shape index (κ2) is 6.64. The molecule has 0 radical (unpaired) electrons. The molecule has 0 spiro atoms. The lowest BCUT2D eigenvalue weighted by atomic mass is 9.87. The van der Waals surface area contributed by atoms with Gasteiger partial charge in [0, 0.05) is 6.61 Å². The second-order valence-electron chi connectivity index (χ2n) is 8.86. The van der Waals surface area contributed by atoms with Gasteiger partial charge in [0.1, 0.15) is 11.4 Å². The van der Waals surface area contributed by atoms with Gasteiger partial charge in [-0.3, -0.25) is 4.79 Å². The van der Waals surface area contributed by atoms with Crippen molar-refractivity contribution in [1.82, 2.24) is 0 Å². The highest BCUT2D eigenvalue weighted by Gasteiger charge is 2.38. The molecule has 0 aromatic heterocycles. The molecule has 1 aromatic carbocycles. The summed E-state index contributed by atoms with van der Waals surface area (Å²) in [6.45, 7) is 16.1. The van der Waals surface area contributed by atoms with Crippen LogP contribution in [0.1, 0.15) is 62.9 Å². The number of Topliss-reactive ketones (excluding diaryl/α,β-unsaturated/α-hetero) is 1. The van der Waals surface area contributed by atoms with Crippen LogP contribution in [-0.4, -0.2) is 26.3 Å². The molecule has 0 amide bonds. The van der Waals surface area contributed by atoms with Crippen molar-refractivity contribution in [2.75, 3.05) is 6.61 Å². The molecule has 0 bridgehead atoms. The molecule has 2 rings (SSSR count). The zero-order chi connectivity index (χ0) is 18.2. The second-order valence-corrected chi connectivity index (χ2v) is 13.7. The molecule has 1 aromatic rings. The zero-order valence-electron chi connectivity index (χ0n) is 16.3. The Kier molecular flexibility index (Phi) is 5.31. The highest BCUT2D eigenvalue weighted by molar-refractivity contribution is 6.74. The van der Waals surface area contributed by atoms with Gasteiger partial charge < -0.3 is 9.16 Å². The number of ether oxygens (including phenoxy) is 1. The van der Waals surface area contributed by atoms with Gasteiger partial charge in [-0.15, -0.1) is 0 Å². The fourth-order valence-electron chi connectivity index (χ4n) is 2.82. The third-order valence-corrected chi connectivity index (χ3v) is 9.98. The van der Waals surface area contributed by atoms with Gasteiger partial charge in [0.2, 0.25) is 0 Å². The van der Waals surface area contributed by atoms with E-state index in [9.17, 15) is 4.79 Å². The van der Waals surface area contributed by atoms with E-state index in [1.807, 2.05) is 32.0 Å². The largest absolute Gasteiger partial charge is 0.486 e. The monoisotopic (exact) mass is 348 g/mol. The van der Waals surface area contributed by atoms with Crippen molar-refractivity contribution in [1.29, 1.82) is 0 Å². The normalized spacial score (nSPS) is 21.4. The van der Waals surface area contributed by atoms with Crippen molar-refractivity contribution in [2.24, 2.45) is 0 Å². The summed E-state index contributed by atoms with van der Waals surface area (Å²) < 4.78 is 12.4. The van der Waals surface area contributed by atoms with Crippen molar-refractivity contribution in [3.05, 3.63) is 29.3 Å². The molecule has 0 saturated carbocycles. The molecule has 1 atom stereocenters. The number of hydrogen-bond acceptors (Lipinski definition) is 3. The van der Waals surface area contributed by atoms with Gasteiger partial charge in [0.25, 0.3) is 0 Å². The fraction of sp³-hybridized carbons (Fsp3) is 0.650. The molecule has 0 aliphatic carbocycles. The van der Waals surface area contributed by atoms with Gasteiger partial charge in [-0.05, 0) is 57.0 Å². The van der Waals surface area contributed by atoms with Crippen molar-refractivity contribution < 1.29 is 14.0 Å². The number of fused-ring (bicyclic) bond motifs is 1. The minimum Gasteiger partial charge on any atom is -0.486 e. The van der Waals surface area contributed by atoms with Crippen LogP contribution in [0.2, 0.25) is 18.1 Å². The third kappa shape index (κ3) is 4.28. The summed E-state index contributed by atoms with van der Waals surface area (Å²) in [7, 11) is -1.70. The highest BCUT2D eigenvalue weighted by Crippen LogP contribution is 2.38. The maximum atomic E-state index is 12.5. The Hall–Kier alpha value is -1.13. The first-order valence-electron chi connectivity index (χ1n) is 8.90. The van der Waals surface area contributed by atoms with E-state index in [0.717, 1.165) is 36.3 Å². The standard InChI is InChI=1S/C20H32O3Si/c1-15-9-10-18-16(13-15)17(21)14-20(5,23-18)11-8-12-22-24(6,7)19(2,3)4/h9-10,13H,8,11-12,14H2,1-7H3. The number of carbonyl (C=O) groups excluding carboxylic acids is 1. The topological polar surface area (TPSA) is 35.5 Å². The molecule has 0 N–H and O–H groups in total. The van der Waals surface area contributed by atoms with Crippen LogP contribution < -0.4 is 4.74 Å². The summed E-state index contributed by atoms with van der Waals surface area (Å²) in [5, 5.41) is 0.227. The average Bonchev–Trinajstić information content (AvgIpc) is 2.43. The van der Waals surface area contributed by atoms with E-state index in [1.165, 1.54) is 0 Å². The van der Waals surface area contributed by atoms with Crippen LogP contribution in [-0.2, 0) is 4.43 Å². The average molecular weight is 349 g/mol. The Balaban J connectivity index is 1.94. The van der Waals surface area contributed by atoms with Crippen molar-refractivity contribution in [3.8, 4) is 5.75 Å². The van der Waals surface area contributed by atoms with Crippen LogP contribution in [0, 0.1) is 6.92 Å². The lowest BCUT2D eigenvalue weighted by molar-refractivity contribution is 0.0428. The van der Waals surface area contributed by atoms with E-state index < -0.39 is 13.9 Å². The summed E-state index contributed by atoms with van der Waals surface area (Å²) in [6, 6.07) is 5.85. The van der Waals surface area contributed by atoms with E-state index in [0.29, 0.717) is 6.42 Å². The Bertz CT molecular complexity index is 616. The molecule has 1 aliphatic heterocycles. The number of hydrogen-bond donors (Lipinski definition) is 0. The first-order valence-corrected chi connectivity index (χ1v) is 11.8. The van der Waals surface area contributed by atoms with Crippen LogP contribution in [0.25, 0.3) is 0 Å². The summed E-state index contributed by atoms with van der Waals surface area (Å²) in [6.07, 6.45) is 2.20.